The Hall–Kier alpha value is -2.25. The van der Waals surface area contributed by atoms with Crippen LogP contribution in [0.4, 0.5) is 0 Å². The highest BCUT2D eigenvalue weighted by Gasteiger charge is 2.36. The van der Waals surface area contributed by atoms with Crippen LogP contribution in [0.3, 0.4) is 0 Å². The van der Waals surface area contributed by atoms with Crippen molar-refractivity contribution in [1.29, 1.82) is 0 Å². The predicted octanol–water partition coefficient (Wildman–Crippen LogP) is 0.275. The third-order valence-electron chi connectivity index (χ3n) is 5.87. The van der Waals surface area contributed by atoms with Gasteiger partial charge in [0.15, 0.2) is 6.04 Å². The molecule has 2 bridgehead atoms. The average molecular weight is 559 g/mol. The van der Waals surface area contributed by atoms with Gasteiger partial charge in [0.25, 0.3) is 0 Å². The van der Waals surface area contributed by atoms with E-state index in [1.165, 1.54) is 28.5 Å². The molecule has 2 rings (SSSR count). The average Bonchev–Trinajstić information content (AvgIpc) is 2.80. The van der Waals surface area contributed by atoms with Crippen LogP contribution in [-0.2, 0) is 28.7 Å². The fraction of sp³-hybridized carbons (Fsp3) is 0.708. The standard InChI is InChI=1S/C24H38N4O7S2/c1-12(2)18-23(33)27-19(13(3)4)22(32)25-16-11-37-36-9-7-6-8-15(10-17(30)26-18)35-24(34)20(14(5)29)28-21(16)31/h6,8,12-16,18-20,29H,7,9-11H2,1-5H3,(H,25,32)(H,26,30)(H,27,33)(H,28,31)/b8-6-. The zero-order valence-electron chi connectivity index (χ0n) is 21.8. The van der Waals surface area contributed by atoms with Crippen molar-refractivity contribution >= 4 is 51.2 Å². The molecule has 2 aliphatic rings. The summed E-state index contributed by atoms with van der Waals surface area (Å²) in [6.07, 6.45) is 1.46. The van der Waals surface area contributed by atoms with Gasteiger partial charge in [0, 0.05) is 11.5 Å². The molecular weight excluding hydrogens is 520 g/mol. The third kappa shape index (κ3) is 9.53. The van der Waals surface area contributed by atoms with E-state index in [9.17, 15) is 29.1 Å². The van der Waals surface area contributed by atoms with Gasteiger partial charge in [-0.15, -0.1) is 0 Å². The van der Waals surface area contributed by atoms with Gasteiger partial charge >= 0.3 is 5.97 Å². The van der Waals surface area contributed by atoms with Crippen molar-refractivity contribution in [3.8, 4) is 0 Å². The van der Waals surface area contributed by atoms with Gasteiger partial charge in [-0.3, -0.25) is 19.2 Å². The normalized spacial score (nSPS) is 30.9. The monoisotopic (exact) mass is 558 g/mol. The number of nitrogens with one attached hydrogen (secondary N) is 4. The highest BCUT2D eigenvalue weighted by molar-refractivity contribution is 8.76. The number of hydrogen-bond donors (Lipinski definition) is 5. The molecule has 13 heteroatoms. The SMILES string of the molecule is CC(C)C1NC(=O)CC2/C=C\CCSSCC(NC(=O)C(C(C)C)NC1=O)C(=O)NC(C(C)O)C(=O)O2. The zero-order valence-corrected chi connectivity index (χ0v) is 23.4. The number of fused-ring (bicyclic) bond motifs is 6. The van der Waals surface area contributed by atoms with Crippen molar-refractivity contribution in [1.82, 2.24) is 21.3 Å². The van der Waals surface area contributed by atoms with E-state index in [1.807, 2.05) is 0 Å². The second kappa shape index (κ2) is 14.6. The van der Waals surface area contributed by atoms with Crippen LogP contribution in [0.2, 0.25) is 0 Å². The summed E-state index contributed by atoms with van der Waals surface area (Å²) in [7, 11) is 2.89. The number of carbonyl (C=O) groups excluding carboxylic acids is 5. The van der Waals surface area contributed by atoms with E-state index in [4.69, 9.17) is 4.74 Å². The van der Waals surface area contributed by atoms with Gasteiger partial charge in [0.2, 0.25) is 23.6 Å². The van der Waals surface area contributed by atoms with E-state index in [-0.39, 0.29) is 24.0 Å². The molecule has 0 saturated carbocycles. The molecule has 6 unspecified atom stereocenters. The van der Waals surface area contributed by atoms with E-state index in [0.29, 0.717) is 12.2 Å². The van der Waals surface area contributed by atoms with Crippen LogP contribution < -0.4 is 21.3 Å². The van der Waals surface area contributed by atoms with Gasteiger partial charge in [-0.1, -0.05) is 55.4 Å². The maximum Gasteiger partial charge on any atom is 0.331 e. The molecule has 37 heavy (non-hydrogen) atoms. The Morgan fingerprint density at radius 3 is 2.05 bits per heavy atom. The molecule has 0 aliphatic carbocycles. The first-order chi connectivity index (χ1) is 17.4. The molecule has 0 spiro atoms. The molecule has 208 valence electrons. The summed E-state index contributed by atoms with van der Waals surface area (Å²) in [5.74, 6) is -2.97. The lowest BCUT2D eigenvalue weighted by atomic mass is 9.99. The second-order valence-electron chi connectivity index (χ2n) is 9.81. The molecule has 4 amide bonds. The first-order valence-corrected chi connectivity index (χ1v) is 14.9. The summed E-state index contributed by atoms with van der Waals surface area (Å²) in [6.45, 7) is 8.38. The predicted molar refractivity (Wildman–Crippen MR) is 142 cm³/mol. The number of aliphatic hydroxyl groups is 1. The topological polar surface area (TPSA) is 163 Å². The molecule has 11 nitrogen and oxygen atoms in total. The lowest BCUT2D eigenvalue weighted by molar-refractivity contribution is -0.155. The fourth-order valence-corrected chi connectivity index (χ4v) is 5.87. The van der Waals surface area contributed by atoms with Crippen LogP contribution >= 0.6 is 21.6 Å². The van der Waals surface area contributed by atoms with E-state index in [1.54, 1.807) is 39.8 Å². The van der Waals surface area contributed by atoms with Crippen LogP contribution in [0.25, 0.3) is 0 Å². The van der Waals surface area contributed by atoms with Crippen molar-refractivity contribution in [2.24, 2.45) is 11.8 Å². The lowest BCUT2D eigenvalue weighted by Gasteiger charge is -2.30. The van der Waals surface area contributed by atoms with Crippen LogP contribution in [0.15, 0.2) is 12.2 Å². The maximum absolute atomic E-state index is 13.3. The first-order valence-electron chi connectivity index (χ1n) is 12.4. The first kappa shape index (κ1) is 31.0. The minimum absolute atomic E-state index is 0.194. The van der Waals surface area contributed by atoms with Crippen molar-refractivity contribution < 1.29 is 33.8 Å². The Kier molecular flexibility index (Phi) is 12.2. The van der Waals surface area contributed by atoms with Gasteiger partial charge in [0.1, 0.15) is 24.2 Å². The number of ether oxygens (including phenoxy) is 1. The molecule has 6 atom stereocenters. The minimum Gasteiger partial charge on any atom is -0.456 e. The second-order valence-corrected chi connectivity index (χ2v) is 12.4. The van der Waals surface area contributed by atoms with Crippen molar-refractivity contribution in [3.05, 3.63) is 12.2 Å². The Balaban J connectivity index is 2.55. The van der Waals surface area contributed by atoms with E-state index in [0.717, 1.165) is 0 Å². The quantitative estimate of drug-likeness (QED) is 0.186. The fourth-order valence-electron chi connectivity index (χ4n) is 3.71. The molecule has 2 aliphatic heterocycles. The third-order valence-corrected chi connectivity index (χ3v) is 8.32. The number of carbonyl (C=O) groups is 5. The van der Waals surface area contributed by atoms with Crippen LogP contribution in [0.1, 0.15) is 47.5 Å². The smallest absolute Gasteiger partial charge is 0.331 e. The number of allylic oxidation sites excluding steroid dienone is 1. The molecule has 0 aromatic rings. The van der Waals surface area contributed by atoms with Crippen LogP contribution in [0, 0.1) is 11.8 Å². The van der Waals surface area contributed by atoms with Crippen molar-refractivity contribution in [2.75, 3.05) is 11.5 Å². The number of rotatable bonds is 3. The Labute approximate surface area is 225 Å². The van der Waals surface area contributed by atoms with E-state index < -0.39 is 66.0 Å². The summed E-state index contributed by atoms with van der Waals surface area (Å²) < 4.78 is 5.51. The largest absolute Gasteiger partial charge is 0.456 e. The van der Waals surface area contributed by atoms with Gasteiger partial charge in [-0.2, -0.15) is 0 Å². The van der Waals surface area contributed by atoms with Crippen molar-refractivity contribution in [2.45, 2.75) is 83.8 Å². The number of aliphatic hydroxyl groups excluding tert-OH is 1. The highest BCUT2D eigenvalue weighted by Crippen LogP contribution is 2.24. The van der Waals surface area contributed by atoms with Gasteiger partial charge in [-0.25, -0.2) is 4.79 Å². The molecule has 2 heterocycles. The summed E-state index contributed by atoms with van der Waals surface area (Å²) in [5, 5.41) is 20.8. The van der Waals surface area contributed by atoms with E-state index >= 15 is 0 Å². The Morgan fingerprint density at radius 1 is 0.838 bits per heavy atom. The Morgan fingerprint density at radius 2 is 1.43 bits per heavy atom. The highest BCUT2D eigenvalue weighted by atomic mass is 33.1. The minimum atomic E-state index is -1.41. The van der Waals surface area contributed by atoms with Crippen LogP contribution in [0.5, 0.6) is 0 Å². The molecule has 0 radical (unpaired) electrons. The number of hydrogen-bond acceptors (Lipinski definition) is 9. The van der Waals surface area contributed by atoms with Gasteiger partial charge in [-0.05, 0) is 31.3 Å². The molecule has 1 saturated heterocycles. The summed E-state index contributed by atoms with van der Waals surface area (Å²) in [4.78, 5) is 65.4. The summed E-state index contributed by atoms with van der Waals surface area (Å²) in [5.41, 5.74) is 0. The lowest BCUT2D eigenvalue weighted by Crippen LogP contribution is -2.61. The zero-order chi connectivity index (χ0) is 27.7. The maximum atomic E-state index is 13.3. The van der Waals surface area contributed by atoms with Gasteiger partial charge in [0.05, 0.1) is 12.5 Å². The molecule has 1 fully saturated rings. The molecule has 0 aromatic carbocycles. The van der Waals surface area contributed by atoms with Crippen LogP contribution in [-0.4, -0.2) is 82.6 Å². The Bertz CT molecular complexity index is 881. The molecule has 0 aromatic heterocycles. The van der Waals surface area contributed by atoms with E-state index in [2.05, 4.69) is 21.3 Å². The van der Waals surface area contributed by atoms with Gasteiger partial charge < -0.3 is 31.1 Å². The molecule has 5 N–H and O–H groups in total. The molecular formula is C24H38N4O7S2. The number of esters is 1. The summed E-state index contributed by atoms with van der Waals surface area (Å²) >= 11 is 0. The van der Waals surface area contributed by atoms with Crippen molar-refractivity contribution in [3.63, 3.8) is 0 Å². The summed E-state index contributed by atoms with van der Waals surface area (Å²) in [6, 6.07) is -4.37. The number of amides is 4.